The first kappa shape index (κ1) is 16.2. The van der Waals surface area contributed by atoms with Gasteiger partial charge in [-0.1, -0.05) is 28.1 Å². The number of hydrogen-bond acceptors (Lipinski definition) is 5. The van der Waals surface area contributed by atoms with Crippen molar-refractivity contribution in [2.75, 3.05) is 11.1 Å². The summed E-state index contributed by atoms with van der Waals surface area (Å²) in [7, 11) is 0. The molecule has 0 unspecified atom stereocenters. The topological polar surface area (TPSA) is 87.6 Å². The van der Waals surface area contributed by atoms with E-state index in [1.165, 1.54) is 0 Å². The molecule has 2 aromatic carbocycles. The molecule has 0 aliphatic carbocycles. The first-order chi connectivity index (χ1) is 11.4. The van der Waals surface area contributed by atoms with Gasteiger partial charge in [-0.2, -0.15) is 5.26 Å². The molecule has 0 spiro atoms. The Morgan fingerprint density at radius 3 is 2.50 bits per heavy atom. The minimum absolute atomic E-state index is 0.335. The molecule has 0 bridgehead atoms. The molecule has 0 atom stereocenters. The number of halogens is 1. The molecule has 24 heavy (non-hydrogen) atoms. The molecule has 5 nitrogen and oxygen atoms in total. The summed E-state index contributed by atoms with van der Waals surface area (Å²) in [5.74, 6) is 0.335. The van der Waals surface area contributed by atoms with E-state index in [-0.39, 0.29) is 0 Å². The molecule has 1 aromatic heterocycles. The van der Waals surface area contributed by atoms with Gasteiger partial charge in [-0.15, -0.1) is 10.2 Å². The van der Waals surface area contributed by atoms with E-state index in [9.17, 15) is 5.26 Å². The number of fused-ring (bicyclic) bond motifs is 1. The molecule has 3 N–H and O–H groups in total. The van der Waals surface area contributed by atoms with Crippen LogP contribution >= 0.6 is 15.9 Å². The van der Waals surface area contributed by atoms with Gasteiger partial charge in [0.1, 0.15) is 0 Å². The second-order valence-corrected chi connectivity index (χ2v) is 6.98. The standard InChI is InChI=1S/C18H16BrN5/c1-18(2,10-20)11-3-6-13(7-4-11)22-16-14-9-12(19)5-8-15(14)23-24-17(16)21/h3-9H,1-2H3,(H2,21,24)(H,22,23). The monoisotopic (exact) mass is 381 g/mol. The van der Waals surface area contributed by atoms with Crippen LogP contribution in [0.1, 0.15) is 19.4 Å². The SMILES string of the molecule is CC(C)(C#N)c1ccc(Nc2c(N)nnc3ccc(Br)cc23)cc1. The molecule has 3 aromatic rings. The molecule has 0 saturated carbocycles. The summed E-state index contributed by atoms with van der Waals surface area (Å²) in [5.41, 5.74) is 8.80. The van der Waals surface area contributed by atoms with E-state index in [2.05, 4.69) is 37.5 Å². The zero-order valence-corrected chi connectivity index (χ0v) is 14.9. The minimum atomic E-state index is -0.520. The van der Waals surface area contributed by atoms with Crippen LogP contribution in [-0.2, 0) is 5.41 Å². The number of hydrogen-bond donors (Lipinski definition) is 2. The smallest absolute Gasteiger partial charge is 0.170 e. The molecule has 120 valence electrons. The highest BCUT2D eigenvalue weighted by Crippen LogP contribution is 2.32. The number of anilines is 3. The molecule has 0 amide bonds. The van der Waals surface area contributed by atoms with Crippen LogP contribution in [0.3, 0.4) is 0 Å². The molecule has 1 heterocycles. The summed E-state index contributed by atoms with van der Waals surface area (Å²) >= 11 is 3.47. The van der Waals surface area contributed by atoms with Crippen LogP contribution in [0.25, 0.3) is 10.9 Å². The number of rotatable bonds is 3. The fourth-order valence-corrected chi connectivity index (χ4v) is 2.76. The van der Waals surface area contributed by atoms with Crippen LogP contribution in [0, 0.1) is 11.3 Å². The minimum Gasteiger partial charge on any atom is -0.380 e. The first-order valence-corrected chi connectivity index (χ1v) is 8.20. The Bertz CT molecular complexity index is 937. The van der Waals surface area contributed by atoms with Crippen molar-refractivity contribution in [1.29, 1.82) is 5.26 Å². The third-order valence-corrected chi connectivity index (χ3v) is 4.40. The van der Waals surface area contributed by atoms with Crippen LogP contribution in [0.5, 0.6) is 0 Å². The van der Waals surface area contributed by atoms with E-state index in [4.69, 9.17) is 5.73 Å². The van der Waals surface area contributed by atoms with Crippen molar-refractivity contribution in [1.82, 2.24) is 10.2 Å². The fourth-order valence-electron chi connectivity index (χ4n) is 2.40. The van der Waals surface area contributed by atoms with Crippen LogP contribution in [-0.4, -0.2) is 10.2 Å². The van der Waals surface area contributed by atoms with E-state index >= 15 is 0 Å². The van der Waals surface area contributed by atoms with Gasteiger partial charge in [0, 0.05) is 15.5 Å². The van der Waals surface area contributed by atoms with Crippen LogP contribution in [0.2, 0.25) is 0 Å². The molecule has 0 aliphatic rings. The van der Waals surface area contributed by atoms with Crippen LogP contribution < -0.4 is 11.1 Å². The number of aromatic nitrogens is 2. The van der Waals surface area contributed by atoms with Crippen molar-refractivity contribution in [2.24, 2.45) is 0 Å². The molecule has 0 fully saturated rings. The van der Waals surface area contributed by atoms with Crippen molar-refractivity contribution in [3.8, 4) is 6.07 Å². The number of nitriles is 1. The van der Waals surface area contributed by atoms with E-state index in [1.54, 1.807) is 0 Å². The second-order valence-electron chi connectivity index (χ2n) is 6.06. The third kappa shape index (κ3) is 3.03. The molecular weight excluding hydrogens is 366 g/mol. The van der Waals surface area contributed by atoms with Crippen molar-refractivity contribution in [3.05, 3.63) is 52.5 Å². The van der Waals surface area contributed by atoms with E-state index in [0.29, 0.717) is 11.5 Å². The van der Waals surface area contributed by atoms with Gasteiger partial charge in [0.25, 0.3) is 0 Å². The molecule has 0 saturated heterocycles. The van der Waals surface area contributed by atoms with Gasteiger partial charge >= 0.3 is 0 Å². The fraction of sp³-hybridized carbons (Fsp3) is 0.167. The number of benzene rings is 2. The highest BCUT2D eigenvalue weighted by Gasteiger charge is 2.19. The lowest BCUT2D eigenvalue weighted by atomic mass is 9.86. The zero-order valence-electron chi connectivity index (χ0n) is 13.3. The average molecular weight is 382 g/mol. The van der Waals surface area contributed by atoms with Crippen molar-refractivity contribution in [2.45, 2.75) is 19.3 Å². The second kappa shape index (κ2) is 6.10. The first-order valence-electron chi connectivity index (χ1n) is 7.41. The molecule has 0 radical (unpaired) electrons. The average Bonchev–Trinajstić information content (AvgIpc) is 2.58. The number of nitrogens with two attached hydrogens (primary N) is 1. The number of nitrogens with one attached hydrogen (secondary N) is 1. The maximum atomic E-state index is 9.23. The maximum absolute atomic E-state index is 9.23. The highest BCUT2D eigenvalue weighted by atomic mass is 79.9. The maximum Gasteiger partial charge on any atom is 0.170 e. The molecule has 6 heteroatoms. The predicted octanol–water partition coefficient (Wildman–Crippen LogP) is 4.52. The Balaban J connectivity index is 2.00. The van der Waals surface area contributed by atoms with Crippen molar-refractivity contribution >= 4 is 44.0 Å². The summed E-state index contributed by atoms with van der Waals surface area (Å²) in [5, 5.41) is 21.5. The normalized spacial score (nSPS) is 11.2. The quantitative estimate of drug-likeness (QED) is 0.696. The van der Waals surface area contributed by atoms with Crippen molar-refractivity contribution in [3.63, 3.8) is 0 Å². The van der Waals surface area contributed by atoms with Crippen molar-refractivity contribution < 1.29 is 0 Å². The van der Waals surface area contributed by atoms with Gasteiger partial charge in [0.05, 0.1) is 22.7 Å². The van der Waals surface area contributed by atoms with Gasteiger partial charge in [0.2, 0.25) is 0 Å². The Morgan fingerprint density at radius 1 is 1.12 bits per heavy atom. The summed E-state index contributed by atoms with van der Waals surface area (Å²) < 4.78 is 0.941. The van der Waals surface area contributed by atoms with Gasteiger partial charge in [-0.3, -0.25) is 0 Å². The molecule has 0 aliphatic heterocycles. The van der Waals surface area contributed by atoms with Gasteiger partial charge in [-0.25, -0.2) is 0 Å². The Kier molecular flexibility index (Phi) is 4.12. The summed E-state index contributed by atoms with van der Waals surface area (Å²) in [6, 6.07) is 15.8. The lowest BCUT2D eigenvalue weighted by molar-refractivity contribution is 0.687. The lowest BCUT2D eigenvalue weighted by Crippen LogP contribution is -2.13. The van der Waals surface area contributed by atoms with Gasteiger partial charge in [0.15, 0.2) is 5.82 Å². The van der Waals surface area contributed by atoms with Gasteiger partial charge < -0.3 is 11.1 Å². The summed E-state index contributed by atoms with van der Waals surface area (Å²) in [6.07, 6.45) is 0. The van der Waals surface area contributed by atoms with Gasteiger partial charge in [-0.05, 0) is 49.7 Å². The van der Waals surface area contributed by atoms with Crippen LogP contribution in [0.4, 0.5) is 17.2 Å². The highest BCUT2D eigenvalue weighted by molar-refractivity contribution is 9.10. The summed E-state index contributed by atoms with van der Waals surface area (Å²) in [4.78, 5) is 0. The number of nitrogens with zero attached hydrogens (tertiary/aromatic N) is 3. The Morgan fingerprint density at radius 2 is 1.83 bits per heavy atom. The zero-order chi connectivity index (χ0) is 17.3. The van der Waals surface area contributed by atoms with E-state index in [1.807, 2.05) is 56.3 Å². The lowest BCUT2D eigenvalue weighted by Gasteiger charge is -2.17. The Hall–Kier alpha value is -2.65. The molecule has 3 rings (SSSR count). The molecular formula is C18H16BrN5. The largest absolute Gasteiger partial charge is 0.380 e. The van der Waals surface area contributed by atoms with E-state index in [0.717, 1.165) is 26.6 Å². The predicted molar refractivity (Wildman–Crippen MR) is 100 cm³/mol. The Labute approximate surface area is 148 Å². The third-order valence-electron chi connectivity index (χ3n) is 3.90. The number of nitrogen functional groups attached to an aromatic ring is 1. The van der Waals surface area contributed by atoms with E-state index < -0.39 is 5.41 Å². The van der Waals surface area contributed by atoms with Crippen LogP contribution in [0.15, 0.2) is 46.9 Å². The summed E-state index contributed by atoms with van der Waals surface area (Å²) in [6.45, 7) is 3.79.